The highest BCUT2D eigenvalue weighted by Crippen LogP contribution is 2.40. The highest BCUT2D eigenvalue weighted by atomic mass is 32.2. The van der Waals surface area contributed by atoms with Gasteiger partial charge in [0.25, 0.3) is 0 Å². The van der Waals surface area contributed by atoms with Gasteiger partial charge >= 0.3 is 0 Å². The third kappa shape index (κ3) is 5.32. The maximum absolute atomic E-state index is 12.4. The number of ether oxygens (including phenoxy) is 3. The van der Waals surface area contributed by atoms with E-state index in [1.54, 1.807) is 21.3 Å². The fraction of sp³-hybridized carbons (Fsp3) is 0.476. The van der Waals surface area contributed by atoms with Gasteiger partial charge in [-0.3, -0.25) is 4.79 Å². The van der Waals surface area contributed by atoms with Crippen LogP contribution in [-0.4, -0.2) is 61.2 Å². The Labute approximate surface area is 175 Å². The van der Waals surface area contributed by atoms with Crippen molar-refractivity contribution in [3.8, 4) is 28.5 Å². The quantitative estimate of drug-likeness (QED) is 0.637. The Balaban J connectivity index is 1.68. The molecule has 0 atom stereocenters. The molecule has 1 amide bonds. The summed E-state index contributed by atoms with van der Waals surface area (Å²) >= 11 is 1.42. The van der Waals surface area contributed by atoms with Crippen LogP contribution in [0.5, 0.6) is 17.2 Å². The number of rotatable bonds is 7. The summed E-state index contributed by atoms with van der Waals surface area (Å²) in [4.78, 5) is 14.4. The van der Waals surface area contributed by atoms with Crippen molar-refractivity contribution >= 4 is 17.7 Å². The van der Waals surface area contributed by atoms with E-state index in [1.807, 2.05) is 29.2 Å². The molecule has 0 radical (unpaired) electrons. The van der Waals surface area contributed by atoms with Gasteiger partial charge in [-0.1, -0.05) is 24.6 Å². The zero-order chi connectivity index (χ0) is 20.6. The number of aromatic nitrogens is 2. The smallest absolute Gasteiger partial charge is 0.232 e. The standard InChI is InChI=1S/C21H27N3O4S/c1-26-17-12-15(13-18(27-2)21(17)28-3)16-8-9-19(23-22-16)29-14-20(25)24-10-6-4-5-7-11-24/h8-9,12-13H,4-7,10-11,14H2,1-3H3. The van der Waals surface area contributed by atoms with E-state index in [0.717, 1.165) is 36.5 Å². The average Bonchev–Trinajstić information content (AvgIpc) is 3.06. The first kappa shape index (κ1) is 21.2. The SMILES string of the molecule is COc1cc(-c2ccc(SCC(=O)N3CCCCCC3)nn2)cc(OC)c1OC. The van der Waals surface area contributed by atoms with Gasteiger partial charge in [-0.2, -0.15) is 0 Å². The largest absolute Gasteiger partial charge is 0.493 e. The maximum atomic E-state index is 12.4. The predicted octanol–water partition coefficient (Wildman–Crippen LogP) is 3.66. The van der Waals surface area contributed by atoms with E-state index >= 15 is 0 Å². The Morgan fingerprint density at radius 1 is 0.966 bits per heavy atom. The second kappa shape index (κ2) is 10.3. The summed E-state index contributed by atoms with van der Waals surface area (Å²) in [6.45, 7) is 1.73. The van der Waals surface area contributed by atoms with Crippen molar-refractivity contribution in [1.82, 2.24) is 15.1 Å². The molecule has 1 aliphatic rings. The van der Waals surface area contributed by atoms with E-state index in [0.29, 0.717) is 28.7 Å². The van der Waals surface area contributed by atoms with Crippen molar-refractivity contribution in [3.05, 3.63) is 24.3 Å². The fourth-order valence-corrected chi connectivity index (χ4v) is 4.04. The summed E-state index contributed by atoms with van der Waals surface area (Å²) in [5, 5.41) is 9.31. The molecule has 0 bridgehead atoms. The van der Waals surface area contributed by atoms with Crippen LogP contribution in [0.3, 0.4) is 0 Å². The van der Waals surface area contributed by atoms with Crippen LogP contribution < -0.4 is 14.2 Å². The summed E-state index contributed by atoms with van der Waals surface area (Å²) in [6.07, 6.45) is 4.62. The van der Waals surface area contributed by atoms with Crippen molar-refractivity contribution in [3.63, 3.8) is 0 Å². The molecule has 156 valence electrons. The van der Waals surface area contributed by atoms with Crippen LogP contribution in [0.25, 0.3) is 11.3 Å². The Hall–Kier alpha value is -2.48. The summed E-state index contributed by atoms with van der Waals surface area (Å²) < 4.78 is 16.1. The molecule has 0 N–H and O–H groups in total. The van der Waals surface area contributed by atoms with E-state index in [1.165, 1.54) is 24.6 Å². The van der Waals surface area contributed by atoms with E-state index in [4.69, 9.17) is 14.2 Å². The number of carbonyl (C=O) groups is 1. The lowest BCUT2D eigenvalue weighted by molar-refractivity contribution is -0.128. The molecule has 3 rings (SSSR count). The first-order valence-corrected chi connectivity index (χ1v) is 10.7. The number of carbonyl (C=O) groups excluding carboxylic acids is 1. The molecule has 1 aliphatic heterocycles. The van der Waals surface area contributed by atoms with Crippen molar-refractivity contribution in [1.29, 1.82) is 0 Å². The van der Waals surface area contributed by atoms with Gasteiger partial charge in [-0.25, -0.2) is 0 Å². The minimum atomic E-state index is 0.174. The molecule has 7 nitrogen and oxygen atoms in total. The number of thioether (sulfide) groups is 1. The number of hydrogen-bond donors (Lipinski definition) is 0. The summed E-state index contributed by atoms with van der Waals surface area (Å²) in [6, 6.07) is 7.43. The lowest BCUT2D eigenvalue weighted by atomic mass is 10.1. The van der Waals surface area contributed by atoms with Crippen LogP contribution in [0.4, 0.5) is 0 Å². The maximum Gasteiger partial charge on any atom is 0.232 e. The number of likely N-dealkylation sites (tertiary alicyclic amines) is 1. The normalized spacial score (nSPS) is 14.2. The van der Waals surface area contributed by atoms with Crippen molar-refractivity contribution in [2.24, 2.45) is 0 Å². The third-order valence-corrected chi connectivity index (χ3v) is 5.81. The molecule has 0 aliphatic carbocycles. The highest BCUT2D eigenvalue weighted by molar-refractivity contribution is 7.99. The number of benzene rings is 1. The Morgan fingerprint density at radius 2 is 1.62 bits per heavy atom. The molecule has 1 aromatic heterocycles. The van der Waals surface area contributed by atoms with Crippen molar-refractivity contribution in [2.45, 2.75) is 30.7 Å². The molecule has 1 fully saturated rings. The van der Waals surface area contributed by atoms with Gasteiger partial charge in [-0.15, -0.1) is 10.2 Å². The molecule has 2 aromatic rings. The second-order valence-electron chi connectivity index (χ2n) is 6.75. The van der Waals surface area contributed by atoms with Gasteiger partial charge in [0.1, 0.15) is 5.03 Å². The van der Waals surface area contributed by atoms with Gasteiger partial charge in [-0.05, 0) is 37.1 Å². The Bertz CT molecular complexity index is 796. The van der Waals surface area contributed by atoms with Crippen LogP contribution >= 0.6 is 11.8 Å². The summed E-state index contributed by atoms with van der Waals surface area (Å²) in [7, 11) is 4.72. The highest BCUT2D eigenvalue weighted by Gasteiger charge is 2.17. The molecule has 0 unspecified atom stereocenters. The minimum Gasteiger partial charge on any atom is -0.493 e. The van der Waals surface area contributed by atoms with Gasteiger partial charge < -0.3 is 19.1 Å². The van der Waals surface area contributed by atoms with Crippen molar-refractivity contribution < 1.29 is 19.0 Å². The van der Waals surface area contributed by atoms with Crippen LogP contribution in [0, 0.1) is 0 Å². The van der Waals surface area contributed by atoms with Crippen LogP contribution in [-0.2, 0) is 4.79 Å². The van der Waals surface area contributed by atoms with Gasteiger partial charge in [0.2, 0.25) is 11.7 Å². The Kier molecular flexibility index (Phi) is 7.57. The number of amides is 1. The van der Waals surface area contributed by atoms with Crippen LogP contribution in [0.15, 0.2) is 29.3 Å². The topological polar surface area (TPSA) is 73.8 Å². The number of methoxy groups -OCH3 is 3. The monoisotopic (exact) mass is 417 g/mol. The van der Waals surface area contributed by atoms with E-state index < -0.39 is 0 Å². The molecular formula is C21H27N3O4S. The average molecular weight is 418 g/mol. The molecule has 1 saturated heterocycles. The van der Waals surface area contributed by atoms with E-state index in [-0.39, 0.29) is 5.91 Å². The molecule has 0 saturated carbocycles. The second-order valence-corrected chi connectivity index (χ2v) is 7.75. The van der Waals surface area contributed by atoms with Gasteiger partial charge in [0.15, 0.2) is 11.5 Å². The number of nitrogens with zero attached hydrogens (tertiary/aromatic N) is 3. The molecule has 1 aromatic carbocycles. The Morgan fingerprint density at radius 3 is 2.14 bits per heavy atom. The summed E-state index contributed by atoms with van der Waals surface area (Å²) in [5.41, 5.74) is 1.50. The molecule has 2 heterocycles. The lowest BCUT2D eigenvalue weighted by Crippen LogP contribution is -2.33. The van der Waals surface area contributed by atoms with Crippen LogP contribution in [0.2, 0.25) is 0 Å². The van der Waals surface area contributed by atoms with Crippen LogP contribution in [0.1, 0.15) is 25.7 Å². The first-order valence-electron chi connectivity index (χ1n) is 9.71. The fourth-order valence-electron chi connectivity index (χ4n) is 3.33. The predicted molar refractivity (Wildman–Crippen MR) is 113 cm³/mol. The number of hydrogen-bond acceptors (Lipinski definition) is 7. The third-order valence-electron chi connectivity index (χ3n) is 4.90. The van der Waals surface area contributed by atoms with Gasteiger partial charge in [0, 0.05) is 18.7 Å². The van der Waals surface area contributed by atoms with Crippen molar-refractivity contribution in [2.75, 3.05) is 40.2 Å². The van der Waals surface area contributed by atoms with E-state index in [2.05, 4.69) is 10.2 Å². The van der Waals surface area contributed by atoms with Gasteiger partial charge in [0.05, 0.1) is 32.8 Å². The van der Waals surface area contributed by atoms with E-state index in [9.17, 15) is 4.79 Å². The summed E-state index contributed by atoms with van der Waals surface area (Å²) in [5.74, 6) is 2.21. The first-order chi connectivity index (χ1) is 14.2. The lowest BCUT2D eigenvalue weighted by Gasteiger charge is -2.19. The molecule has 0 spiro atoms. The molecular weight excluding hydrogens is 390 g/mol. The zero-order valence-electron chi connectivity index (χ0n) is 17.1. The molecule has 8 heteroatoms. The zero-order valence-corrected chi connectivity index (χ0v) is 18.0. The minimum absolute atomic E-state index is 0.174. The molecule has 29 heavy (non-hydrogen) atoms.